The van der Waals surface area contributed by atoms with E-state index in [1.54, 1.807) is 11.3 Å². The first kappa shape index (κ1) is 24.2. The second-order valence-corrected chi connectivity index (χ2v) is 9.23. The summed E-state index contributed by atoms with van der Waals surface area (Å²) < 4.78 is 0. The second-order valence-electron chi connectivity index (χ2n) is 8.32. The molecular weight excluding hydrogens is 346 g/mol. The van der Waals surface area contributed by atoms with Gasteiger partial charge >= 0.3 is 0 Å². The lowest BCUT2D eigenvalue weighted by Gasteiger charge is -2.16. The van der Waals surface area contributed by atoms with Gasteiger partial charge in [0.05, 0.1) is 0 Å². The number of thiophene rings is 1. The van der Waals surface area contributed by atoms with Gasteiger partial charge in [0.15, 0.2) is 0 Å². The predicted octanol–water partition coefficient (Wildman–Crippen LogP) is 9.06. The molecule has 1 aromatic rings. The lowest BCUT2D eigenvalue weighted by molar-refractivity contribution is 0.400. The molecule has 1 aromatic heterocycles. The fraction of sp³-hybridized carbons (Fsp3) is 0.800. The zero-order valence-corrected chi connectivity index (χ0v) is 18.9. The van der Waals surface area contributed by atoms with E-state index in [0.29, 0.717) is 0 Å². The highest BCUT2D eigenvalue weighted by Gasteiger charge is 2.11. The van der Waals surface area contributed by atoms with Crippen LogP contribution in [0.2, 0.25) is 0 Å². The monoisotopic (exact) mass is 389 g/mol. The first-order valence-corrected chi connectivity index (χ1v) is 12.7. The van der Waals surface area contributed by atoms with Crippen LogP contribution in [0.5, 0.6) is 0 Å². The normalized spacial score (nSPS) is 12.2. The van der Waals surface area contributed by atoms with Gasteiger partial charge in [-0.15, -0.1) is 11.3 Å². The van der Waals surface area contributed by atoms with E-state index in [-0.39, 0.29) is 0 Å². The summed E-state index contributed by atoms with van der Waals surface area (Å²) in [4.78, 5) is 0.871. The molecule has 0 aliphatic heterocycles. The minimum atomic E-state index is 0.817. The van der Waals surface area contributed by atoms with Crippen molar-refractivity contribution in [3.63, 3.8) is 0 Å². The Kier molecular flexibility index (Phi) is 15.5. The van der Waals surface area contributed by atoms with Crippen molar-refractivity contribution < 1.29 is 0 Å². The third kappa shape index (κ3) is 13.1. The Balaban J connectivity index is 2.26. The van der Waals surface area contributed by atoms with Gasteiger partial charge in [-0.1, -0.05) is 117 Å². The van der Waals surface area contributed by atoms with Crippen LogP contribution >= 0.6 is 11.3 Å². The molecule has 1 heterocycles. The summed E-state index contributed by atoms with van der Waals surface area (Å²) in [5.41, 5.74) is 1.40. The first-order valence-electron chi connectivity index (χ1n) is 11.8. The topological polar surface area (TPSA) is 23.8 Å². The molecule has 1 unspecified atom stereocenters. The quantitative estimate of drug-likeness (QED) is 0.230. The zero-order chi connectivity index (χ0) is 19.6. The van der Waals surface area contributed by atoms with Crippen molar-refractivity contribution in [2.45, 2.75) is 123 Å². The SMILES string of the molecule is CCCCCCCCCCC(CCCCCCCC)Cc1csc(C#N)c1. The van der Waals surface area contributed by atoms with Crippen LogP contribution in [0, 0.1) is 17.2 Å². The standard InChI is InChI=1S/C25H43NS/c1-3-5-7-9-11-12-14-16-18-23(17-15-13-10-8-6-4-2)19-24-20-25(21-26)27-22-24/h20,22-23H,3-19H2,1-2H3. The zero-order valence-electron chi connectivity index (χ0n) is 18.1. The van der Waals surface area contributed by atoms with Crippen LogP contribution in [-0.4, -0.2) is 0 Å². The summed E-state index contributed by atoms with van der Waals surface area (Å²) in [6.07, 6.45) is 23.5. The van der Waals surface area contributed by atoms with Gasteiger partial charge in [-0.25, -0.2) is 0 Å². The van der Waals surface area contributed by atoms with Crippen molar-refractivity contribution in [1.29, 1.82) is 5.26 Å². The van der Waals surface area contributed by atoms with E-state index >= 15 is 0 Å². The number of nitrogens with zero attached hydrogens (tertiary/aromatic N) is 1. The van der Waals surface area contributed by atoms with Gasteiger partial charge in [0.2, 0.25) is 0 Å². The number of nitriles is 1. The van der Waals surface area contributed by atoms with Gasteiger partial charge in [0, 0.05) is 0 Å². The minimum absolute atomic E-state index is 0.817. The molecule has 0 fully saturated rings. The van der Waals surface area contributed by atoms with Crippen molar-refractivity contribution in [3.05, 3.63) is 21.9 Å². The maximum atomic E-state index is 9.07. The molecule has 27 heavy (non-hydrogen) atoms. The molecule has 0 N–H and O–H groups in total. The maximum Gasteiger partial charge on any atom is 0.110 e. The van der Waals surface area contributed by atoms with E-state index in [0.717, 1.165) is 10.8 Å². The molecule has 0 saturated heterocycles. The highest BCUT2D eigenvalue weighted by molar-refractivity contribution is 7.10. The van der Waals surface area contributed by atoms with Gasteiger partial charge < -0.3 is 0 Å². The van der Waals surface area contributed by atoms with E-state index in [9.17, 15) is 0 Å². The third-order valence-corrected chi connectivity index (χ3v) is 6.60. The molecule has 154 valence electrons. The van der Waals surface area contributed by atoms with Crippen LogP contribution in [-0.2, 0) is 6.42 Å². The average Bonchev–Trinajstić information content (AvgIpc) is 3.14. The molecule has 1 nitrogen and oxygen atoms in total. The summed E-state index contributed by atoms with van der Waals surface area (Å²) in [5, 5.41) is 11.3. The lowest BCUT2D eigenvalue weighted by Crippen LogP contribution is -2.05. The Bertz CT molecular complexity index is 485. The van der Waals surface area contributed by atoms with Crippen molar-refractivity contribution in [3.8, 4) is 6.07 Å². The molecule has 1 atom stereocenters. The maximum absolute atomic E-state index is 9.07. The molecule has 0 aromatic carbocycles. The Labute approximate surface area is 173 Å². The van der Waals surface area contributed by atoms with E-state index < -0.39 is 0 Å². The number of hydrogen-bond acceptors (Lipinski definition) is 2. The Morgan fingerprint density at radius 3 is 1.70 bits per heavy atom. The van der Waals surface area contributed by atoms with Gasteiger partial charge in [-0.3, -0.25) is 0 Å². The van der Waals surface area contributed by atoms with E-state index in [4.69, 9.17) is 5.26 Å². The summed E-state index contributed by atoms with van der Waals surface area (Å²) in [5.74, 6) is 0.817. The number of rotatable bonds is 18. The molecule has 0 aliphatic carbocycles. The molecule has 0 spiro atoms. The largest absolute Gasteiger partial charge is 0.192 e. The Hall–Kier alpha value is -0.810. The van der Waals surface area contributed by atoms with Gasteiger partial charge in [-0.05, 0) is 29.3 Å². The van der Waals surface area contributed by atoms with Crippen LogP contribution in [0.25, 0.3) is 0 Å². The van der Waals surface area contributed by atoms with Crippen LogP contribution in [0.1, 0.15) is 127 Å². The van der Waals surface area contributed by atoms with Gasteiger partial charge in [-0.2, -0.15) is 5.26 Å². The third-order valence-electron chi connectivity index (χ3n) is 5.72. The Morgan fingerprint density at radius 2 is 1.26 bits per heavy atom. The van der Waals surface area contributed by atoms with Crippen LogP contribution < -0.4 is 0 Å². The van der Waals surface area contributed by atoms with Crippen LogP contribution in [0.15, 0.2) is 11.4 Å². The highest BCUT2D eigenvalue weighted by Crippen LogP contribution is 2.25. The summed E-state index contributed by atoms with van der Waals surface area (Å²) in [7, 11) is 0. The van der Waals surface area contributed by atoms with E-state index in [1.807, 2.05) is 0 Å². The van der Waals surface area contributed by atoms with Crippen LogP contribution in [0.3, 0.4) is 0 Å². The second kappa shape index (κ2) is 17.3. The number of unbranched alkanes of at least 4 members (excludes halogenated alkanes) is 12. The highest BCUT2D eigenvalue weighted by atomic mass is 32.1. The average molecular weight is 390 g/mol. The Morgan fingerprint density at radius 1 is 0.778 bits per heavy atom. The lowest BCUT2D eigenvalue weighted by atomic mass is 9.89. The minimum Gasteiger partial charge on any atom is -0.192 e. The molecule has 2 heteroatoms. The molecule has 0 bridgehead atoms. The number of hydrogen-bond donors (Lipinski definition) is 0. The summed E-state index contributed by atoms with van der Waals surface area (Å²) in [6, 6.07) is 4.41. The van der Waals surface area contributed by atoms with Crippen LogP contribution in [0.4, 0.5) is 0 Å². The van der Waals surface area contributed by atoms with E-state index in [1.165, 1.54) is 115 Å². The fourth-order valence-electron chi connectivity index (χ4n) is 4.00. The molecule has 0 saturated carbocycles. The smallest absolute Gasteiger partial charge is 0.110 e. The molecule has 0 radical (unpaired) electrons. The van der Waals surface area contributed by atoms with Crippen molar-refractivity contribution in [2.24, 2.45) is 5.92 Å². The molecule has 0 amide bonds. The van der Waals surface area contributed by atoms with Gasteiger partial charge in [0.1, 0.15) is 10.9 Å². The first-order chi connectivity index (χ1) is 13.3. The van der Waals surface area contributed by atoms with Crippen molar-refractivity contribution in [1.82, 2.24) is 0 Å². The molecule has 1 rings (SSSR count). The molecular formula is C25H43NS. The molecule has 0 aliphatic rings. The van der Waals surface area contributed by atoms with Crippen molar-refractivity contribution >= 4 is 11.3 Å². The summed E-state index contributed by atoms with van der Waals surface area (Å²) >= 11 is 1.61. The van der Waals surface area contributed by atoms with Gasteiger partial charge in [0.25, 0.3) is 0 Å². The fourth-order valence-corrected chi connectivity index (χ4v) is 4.72. The van der Waals surface area contributed by atoms with Crippen molar-refractivity contribution in [2.75, 3.05) is 0 Å². The summed E-state index contributed by atoms with van der Waals surface area (Å²) in [6.45, 7) is 4.58. The predicted molar refractivity (Wildman–Crippen MR) is 121 cm³/mol. The van der Waals surface area contributed by atoms with E-state index in [2.05, 4.69) is 31.4 Å².